The van der Waals surface area contributed by atoms with Crippen LogP contribution in [-0.2, 0) is 18.6 Å². The summed E-state index contributed by atoms with van der Waals surface area (Å²) in [5, 5.41) is 10.9. The Morgan fingerprint density at radius 1 is 1.21 bits per heavy atom. The van der Waals surface area contributed by atoms with Crippen molar-refractivity contribution >= 4 is 35.0 Å². The fourth-order valence-corrected chi connectivity index (χ4v) is 6.80. The van der Waals surface area contributed by atoms with Crippen molar-refractivity contribution in [1.29, 1.82) is 0 Å². The quantitative estimate of drug-likeness (QED) is 0.646. The van der Waals surface area contributed by atoms with E-state index < -0.39 is 28.7 Å². The van der Waals surface area contributed by atoms with Crippen LogP contribution in [0, 0.1) is 17.7 Å². The molecule has 1 N–H and O–H groups in total. The Hall–Kier alpha value is -2.58. The maximum Gasteiger partial charge on any atom is 0.296 e. The van der Waals surface area contributed by atoms with Crippen LogP contribution in [0.5, 0.6) is 5.75 Å². The first-order chi connectivity index (χ1) is 16.3. The summed E-state index contributed by atoms with van der Waals surface area (Å²) in [6.07, 6.45) is 2.79. The number of pyridine rings is 1. The van der Waals surface area contributed by atoms with E-state index in [-0.39, 0.29) is 47.1 Å². The van der Waals surface area contributed by atoms with Gasteiger partial charge in [-0.05, 0) is 49.3 Å². The number of alkyl halides is 1. The number of hydrogen-bond donors (Lipinski definition) is 1. The second kappa shape index (κ2) is 7.46. The van der Waals surface area contributed by atoms with Crippen molar-refractivity contribution in [3.63, 3.8) is 0 Å². The van der Waals surface area contributed by atoms with Gasteiger partial charge in [-0.3, -0.25) is 19.0 Å². The molecule has 6 rings (SSSR count). The van der Waals surface area contributed by atoms with Crippen molar-refractivity contribution < 1.29 is 19.1 Å². The molecule has 2 aliphatic heterocycles. The molecule has 2 fully saturated rings. The summed E-state index contributed by atoms with van der Waals surface area (Å²) in [6, 6.07) is 4.21. The molecular formula is C24H22Cl2FN3O4. The van der Waals surface area contributed by atoms with Gasteiger partial charge in [0, 0.05) is 37.0 Å². The molecule has 7 nitrogen and oxygen atoms in total. The van der Waals surface area contributed by atoms with Crippen LogP contribution in [0.2, 0.25) is 5.02 Å². The first-order valence-corrected chi connectivity index (χ1v) is 12.3. The van der Waals surface area contributed by atoms with E-state index >= 15 is 0 Å². The van der Waals surface area contributed by atoms with Crippen molar-refractivity contribution in [3.05, 3.63) is 61.8 Å². The van der Waals surface area contributed by atoms with Gasteiger partial charge < -0.3 is 14.9 Å². The molecule has 4 aliphatic rings. The van der Waals surface area contributed by atoms with Gasteiger partial charge in [-0.25, -0.2) is 4.39 Å². The lowest BCUT2D eigenvalue weighted by atomic mass is 9.95. The summed E-state index contributed by atoms with van der Waals surface area (Å²) in [5.41, 5.74) is -0.367. The highest BCUT2D eigenvalue weighted by Crippen LogP contribution is 2.64. The molecule has 10 heteroatoms. The van der Waals surface area contributed by atoms with Gasteiger partial charge in [-0.15, -0.1) is 11.6 Å². The van der Waals surface area contributed by atoms with Crippen molar-refractivity contribution in [2.45, 2.75) is 37.9 Å². The fourth-order valence-electron chi connectivity index (χ4n) is 6.43. The van der Waals surface area contributed by atoms with Gasteiger partial charge in [0.1, 0.15) is 17.2 Å². The van der Waals surface area contributed by atoms with Gasteiger partial charge in [0.05, 0.1) is 10.6 Å². The smallest absolute Gasteiger partial charge is 0.296 e. The van der Waals surface area contributed by atoms with Crippen LogP contribution in [0.4, 0.5) is 4.39 Å². The summed E-state index contributed by atoms with van der Waals surface area (Å²) in [4.78, 5) is 43.7. The van der Waals surface area contributed by atoms with E-state index in [1.54, 1.807) is 4.90 Å². The number of amides is 2. The standard InChI is InChI=1S/C24H22Cl2FN3O4/c25-6-8-29-22(33)19-14-4-7-28(11-12-1-2-17(27)16(26)9-12)21(32)18(14)20(31)23(34)30(19)24(29)5-3-13-10-15(13)24/h1-2,9,13,15,31H,3-8,10-11H2. The largest absolute Gasteiger partial charge is 0.502 e. The van der Waals surface area contributed by atoms with Crippen LogP contribution in [-0.4, -0.2) is 50.3 Å². The fraction of sp³-hybridized carbons (Fsp3) is 0.458. The van der Waals surface area contributed by atoms with E-state index in [1.807, 2.05) is 0 Å². The number of benzene rings is 1. The van der Waals surface area contributed by atoms with Gasteiger partial charge >= 0.3 is 0 Å². The molecule has 0 radical (unpaired) electrons. The van der Waals surface area contributed by atoms with Gasteiger partial charge in [-0.1, -0.05) is 17.7 Å². The Labute approximate surface area is 204 Å². The van der Waals surface area contributed by atoms with E-state index in [4.69, 9.17) is 23.2 Å². The number of nitrogens with zero attached hydrogens (tertiary/aromatic N) is 3. The zero-order chi connectivity index (χ0) is 23.9. The molecule has 1 aromatic heterocycles. The summed E-state index contributed by atoms with van der Waals surface area (Å²) in [5.74, 6) is -1.15. The molecule has 2 aliphatic carbocycles. The Bertz CT molecular complexity index is 1330. The molecule has 2 saturated carbocycles. The third-order valence-corrected chi connectivity index (χ3v) is 8.41. The van der Waals surface area contributed by atoms with Gasteiger partial charge in [0.2, 0.25) is 0 Å². The lowest BCUT2D eigenvalue weighted by molar-refractivity contribution is 0.0292. The van der Waals surface area contributed by atoms with Crippen LogP contribution >= 0.6 is 23.2 Å². The first kappa shape index (κ1) is 21.9. The molecule has 3 heterocycles. The van der Waals surface area contributed by atoms with Gasteiger partial charge in [-0.2, -0.15) is 0 Å². The lowest BCUT2D eigenvalue weighted by Crippen LogP contribution is -2.51. The highest BCUT2D eigenvalue weighted by Gasteiger charge is 2.67. The first-order valence-electron chi connectivity index (χ1n) is 11.4. The van der Waals surface area contributed by atoms with E-state index in [2.05, 4.69) is 0 Å². The average Bonchev–Trinajstić information content (AvgIpc) is 3.46. The Morgan fingerprint density at radius 2 is 2.00 bits per heavy atom. The van der Waals surface area contributed by atoms with E-state index in [0.29, 0.717) is 36.4 Å². The zero-order valence-electron chi connectivity index (χ0n) is 18.2. The molecular weight excluding hydrogens is 484 g/mol. The highest BCUT2D eigenvalue weighted by molar-refractivity contribution is 6.30. The van der Waals surface area contributed by atoms with Crippen molar-refractivity contribution in [1.82, 2.24) is 14.4 Å². The predicted molar refractivity (Wildman–Crippen MR) is 123 cm³/mol. The second-order valence-corrected chi connectivity index (χ2v) is 10.4. The number of aromatic nitrogens is 1. The third kappa shape index (κ3) is 2.78. The zero-order valence-corrected chi connectivity index (χ0v) is 19.7. The molecule has 0 bridgehead atoms. The molecule has 3 unspecified atom stereocenters. The number of rotatable bonds is 4. The lowest BCUT2D eigenvalue weighted by Gasteiger charge is -2.38. The number of carbonyl (C=O) groups excluding carboxylic acids is 2. The third-order valence-electron chi connectivity index (χ3n) is 7.95. The minimum absolute atomic E-state index is 0.0495. The maximum atomic E-state index is 13.6. The number of halogens is 3. The molecule has 34 heavy (non-hydrogen) atoms. The van der Waals surface area contributed by atoms with E-state index in [9.17, 15) is 23.9 Å². The van der Waals surface area contributed by atoms with Gasteiger partial charge in [0.15, 0.2) is 5.75 Å². The molecule has 2 amide bonds. The Morgan fingerprint density at radius 3 is 2.65 bits per heavy atom. The minimum atomic E-state index is -0.805. The second-order valence-electron chi connectivity index (χ2n) is 9.58. The molecule has 178 valence electrons. The normalized spacial score (nSPS) is 26.8. The Balaban J connectivity index is 1.45. The number of fused-ring (bicyclic) bond motifs is 6. The number of hydrogen-bond acceptors (Lipinski definition) is 4. The minimum Gasteiger partial charge on any atom is -0.502 e. The Kier molecular flexibility index (Phi) is 4.81. The van der Waals surface area contributed by atoms with E-state index in [1.165, 1.54) is 27.7 Å². The molecule has 2 aromatic rings. The average molecular weight is 506 g/mol. The van der Waals surface area contributed by atoms with Crippen LogP contribution in [0.25, 0.3) is 0 Å². The van der Waals surface area contributed by atoms with Crippen LogP contribution in [0.1, 0.15) is 51.2 Å². The summed E-state index contributed by atoms with van der Waals surface area (Å²) < 4.78 is 15.0. The number of aromatic hydroxyl groups is 1. The topological polar surface area (TPSA) is 82.8 Å². The number of carbonyl (C=O) groups is 2. The molecule has 3 atom stereocenters. The summed E-state index contributed by atoms with van der Waals surface area (Å²) in [7, 11) is 0. The highest BCUT2D eigenvalue weighted by atomic mass is 35.5. The monoisotopic (exact) mass is 505 g/mol. The molecule has 0 saturated heterocycles. The van der Waals surface area contributed by atoms with Crippen LogP contribution < -0.4 is 5.56 Å². The van der Waals surface area contributed by atoms with E-state index in [0.717, 1.165) is 12.8 Å². The SMILES string of the molecule is O=C1c2c(c3n(c(=O)c2O)C2(CCC4CC42)N(CCCl)C3=O)CCN1Cc1ccc(F)c(Cl)c1. The summed E-state index contributed by atoms with van der Waals surface area (Å²) in [6.45, 7) is 0.717. The van der Waals surface area contributed by atoms with Crippen LogP contribution in [0.15, 0.2) is 23.0 Å². The molecule has 1 spiro atoms. The van der Waals surface area contributed by atoms with Crippen molar-refractivity contribution in [2.75, 3.05) is 19.0 Å². The molecule has 1 aromatic carbocycles. The predicted octanol–water partition coefficient (Wildman–Crippen LogP) is 3.32. The van der Waals surface area contributed by atoms with Gasteiger partial charge in [0.25, 0.3) is 17.4 Å². The van der Waals surface area contributed by atoms with Crippen molar-refractivity contribution in [2.24, 2.45) is 11.8 Å². The maximum absolute atomic E-state index is 13.6. The van der Waals surface area contributed by atoms with Crippen molar-refractivity contribution in [3.8, 4) is 5.75 Å². The summed E-state index contributed by atoms with van der Waals surface area (Å²) >= 11 is 11.9. The van der Waals surface area contributed by atoms with Crippen LogP contribution in [0.3, 0.4) is 0 Å².